The minimum absolute atomic E-state index is 0.0781. The molecule has 0 heterocycles. The predicted octanol–water partition coefficient (Wildman–Crippen LogP) is 3.45. The number of carbonyl (C=O) groups is 13. The Morgan fingerprint density at radius 2 is 0.514 bits per heavy atom. The molecular formula is C78H115N13O14. The second kappa shape index (κ2) is 35.2. The van der Waals surface area contributed by atoms with E-state index in [1.54, 1.807) is 24.3 Å². The Morgan fingerprint density at radius 1 is 0.305 bits per heavy atom. The van der Waals surface area contributed by atoms with Crippen molar-refractivity contribution < 1.29 is 67.4 Å². The maximum atomic E-state index is 14.3. The molecule has 0 aliphatic heterocycles. The molecule has 0 bridgehead atoms. The number of nitrogens with two attached hydrogens (primary N) is 1. The zero-order valence-corrected chi connectivity index (χ0v) is 61.2. The van der Waals surface area contributed by atoms with Gasteiger partial charge in [-0.3, -0.25) is 62.3 Å². The maximum Gasteiger partial charge on any atom is 0.225 e. The molecule has 576 valence electrons. The molecule has 105 heavy (non-hydrogen) atoms. The highest BCUT2D eigenvalue weighted by Gasteiger charge is 2.48. The van der Waals surface area contributed by atoms with Gasteiger partial charge in [-0.25, -0.2) is 0 Å². The van der Waals surface area contributed by atoms with Gasteiger partial charge in [0.1, 0.15) is 5.75 Å². The van der Waals surface area contributed by atoms with Crippen molar-refractivity contribution in [1.29, 1.82) is 0 Å². The fourth-order valence-corrected chi connectivity index (χ4v) is 20.7. The van der Waals surface area contributed by atoms with Gasteiger partial charge >= 0.3 is 0 Å². The minimum Gasteiger partial charge on any atom is -0.508 e. The fraction of sp³-hybridized carbons (Fsp3) is 0.756. The molecule has 0 aromatic heterocycles. The topological polar surface area (TPSA) is 413 Å². The van der Waals surface area contributed by atoms with Gasteiger partial charge in [0.25, 0.3) is 0 Å². The quantitative estimate of drug-likeness (QED) is 0.0600. The van der Waals surface area contributed by atoms with Crippen molar-refractivity contribution in [1.82, 2.24) is 63.8 Å². The van der Waals surface area contributed by atoms with Crippen LogP contribution in [0.4, 0.5) is 0 Å². The number of benzene rings is 1. The van der Waals surface area contributed by atoms with E-state index in [0.29, 0.717) is 154 Å². The van der Waals surface area contributed by atoms with Gasteiger partial charge in [-0.2, -0.15) is 0 Å². The second-order valence-electron chi connectivity index (χ2n) is 33.1. The van der Waals surface area contributed by atoms with Crippen molar-refractivity contribution >= 4 is 76.8 Å². The number of rotatable bonds is 27. The third-order valence-electron chi connectivity index (χ3n) is 26.3. The van der Waals surface area contributed by atoms with Gasteiger partial charge in [0, 0.05) is 85.8 Å². The lowest BCUT2D eigenvalue weighted by Gasteiger charge is -2.29. The lowest BCUT2D eigenvalue weighted by Crippen LogP contribution is -2.54. The summed E-state index contributed by atoms with van der Waals surface area (Å²) in [6.07, 6.45) is 21.8. The van der Waals surface area contributed by atoms with Crippen LogP contribution in [0.3, 0.4) is 0 Å². The molecule has 11 aliphatic carbocycles. The van der Waals surface area contributed by atoms with Gasteiger partial charge in [-0.1, -0.05) is 82.8 Å². The molecule has 0 unspecified atom stereocenters. The van der Waals surface area contributed by atoms with E-state index in [4.69, 9.17) is 5.73 Å². The number of phenols is 1. The fourth-order valence-electron chi connectivity index (χ4n) is 20.7. The van der Waals surface area contributed by atoms with E-state index in [1.807, 2.05) is 0 Å². The zero-order chi connectivity index (χ0) is 74.0. The Kier molecular flexibility index (Phi) is 25.8. The van der Waals surface area contributed by atoms with E-state index in [9.17, 15) is 67.4 Å². The van der Waals surface area contributed by atoms with Crippen molar-refractivity contribution in [2.45, 2.75) is 304 Å². The molecular weight excluding hydrogens is 1340 g/mol. The van der Waals surface area contributed by atoms with Crippen LogP contribution in [0.15, 0.2) is 24.3 Å². The maximum absolute atomic E-state index is 14.3. The van der Waals surface area contributed by atoms with E-state index in [1.165, 1.54) is 6.92 Å². The summed E-state index contributed by atoms with van der Waals surface area (Å²) < 4.78 is 0. The molecule has 27 nitrogen and oxygen atoms in total. The van der Waals surface area contributed by atoms with Crippen LogP contribution in [-0.4, -0.2) is 154 Å². The van der Waals surface area contributed by atoms with Crippen LogP contribution in [0.25, 0.3) is 0 Å². The number of hydrogen-bond acceptors (Lipinski definition) is 14. The third kappa shape index (κ3) is 18.9. The molecule has 23 atom stereocenters. The van der Waals surface area contributed by atoms with E-state index < -0.39 is 113 Å². The highest BCUT2D eigenvalue weighted by molar-refractivity contribution is 5.90. The second-order valence-corrected chi connectivity index (χ2v) is 33.1. The Hall–Kier alpha value is -7.87. The van der Waals surface area contributed by atoms with Crippen LogP contribution in [0, 0.1) is 65.1 Å². The van der Waals surface area contributed by atoms with E-state index in [-0.39, 0.29) is 120 Å². The normalized spacial score (nSPS) is 35.0. The largest absolute Gasteiger partial charge is 0.508 e. The Balaban J connectivity index is 0.579. The first-order valence-corrected chi connectivity index (χ1v) is 40.3. The summed E-state index contributed by atoms with van der Waals surface area (Å²) in [5.41, 5.74) is 6.41. The number of amides is 13. The highest BCUT2D eigenvalue weighted by atomic mass is 16.3. The molecule has 13 amide bonds. The molecule has 11 saturated carbocycles. The number of phenolic OH excluding ortho intramolecular Hbond substituents is 1. The van der Waals surface area contributed by atoms with Gasteiger partial charge in [0.05, 0.1) is 65.1 Å². The molecule has 0 spiro atoms. The average molecular weight is 1460 g/mol. The van der Waals surface area contributed by atoms with Crippen molar-refractivity contribution in [2.24, 2.45) is 70.8 Å². The minimum atomic E-state index is -0.655. The molecule has 1 aromatic rings. The number of primary amides is 1. The number of hydrogen-bond donors (Lipinski definition) is 14. The summed E-state index contributed by atoms with van der Waals surface area (Å²) in [5, 5.41) is 47.7. The highest BCUT2D eigenvalue weighted by Crippen LogP contribution is 2.38. The van der Waals surface area contributed by atoms with Crippen molar-refractivity contribution in [3.05, 3.63) is 29.8 Å². The first-order chi connectivity index (χ1) is 50.6. The SMILES string of the molecule is CC(=O)N[C@H]1CCC[C@@H]1C(=O)N[C@H]1CCC[C@@H]1C(=O)N[C@H](CC(=O)N[C@H]1CCC[C@@H]1C(=O)N[C@H]1CCC[C@@H]1C(=O)N[C@H]1CCC[C@@H]1C(=O)N[C@H]1CCC[C@@H]1C(=O)N[C@H]1CCC[C@@H]1C(=O)N[C@H]1CCC[C@@H]1C(=O)N[C@H]1CCC[C@@H]1C(=O)N[C@H]1CCC[C@@H]1C(=O)N[C@H]1CCC[C@@H]1C(N)=O)Cc1ccc(O)cc1. The summed E-state index contributed by atoms with van der Waals surface area (Å²) in [5.74, 6) is -8.24. The summed E-state index contributed by atoms with van der Waals surface area (Å²) in [6, 6.07) is 1.57. The van der Waals surface area contributed by atoms with Gasteiger partial charge in [-0.15, -0.1) is 0 Å². The van der Waals surface area contributed by atoms with Gasteiger partial charge in [-0.05, 0) is 165 Å². The molecule has 11 aliphatic rings. The number of carbonyl (C=O) groups excluding carboxylic acids is 13. The van der Waals surface area contributed by atoms with Crippen LogP contribution in [-0.2, 0) is 68.7 Å². The van der Waals surface area contributed by atoms with Gasteiger partial charge in [0.2, 0.25) is 76.8 Å². The molecule has 0 saturated heterocycles. The van der Waals surface area contributed by atoms with Gasteiger partial charge in [0.15, 0.2) is 0 Å². The molecule has 1 aromatic carbocycles. The van der Waals surface area contributed by atoms with Crippen molar-refractivity contribution in [3.63, 3.8) is 0 Å². The molecule has 15 N–H and O–H groups in total. The Labute approximate surface area is 615 Å². The molecule has 0 radical (unpaired) electrons. The van der Waals surface area contributed by atoms with Crippen LogP contribution in [0.2, 0.25) is 0 Å². The van der Waals surface area contributed by atoms with Crippen LogP contribution >= 0.6 is 0 Å². The predicted molar refractivity (Wildman–Crippen MR) is 385 cm³/mol. The lowest BCUT2D eigenvalue weighted by atomic mass is 9.95. The van der Waals surface area contributed by atoms with Crippen LogP contribution in [0.1, 0.15) is 231 Å². The van der Waals surface area contributed by atoms with Crippen LogP contribution < -0.4 is 69.5 Å². The number of nitrogens with one attached hydrogen (secondary N) is 12. The molecule has 12 rings (SSSR count). The van der Waals surface area contributed by atoms with Crippen molar-refractivity contribution in [2.75, 3.05) is 0 Å². The van der Waals surface area contributed by atoms with Gasteiger partial charge < -0.3 is 74.6 Å². The average Bonchev–Trinajstić information content (AvgIpc) is 1.71. The van der Waals surface area contributed by atoms with Crippen molar-refractivity contribution in [3.8, 4) is 5.75 Å². The summed E-state index contributed by atoms with van der Waals surface area (Å²) in [7, 11) is 0. The smallest absolute Gasteiger partial charge is 0.225 e. The Bertz CT molecular complexity index is 3370. The molecule has 11 fully saturated rings. The monoisotopic (exact) mass is 1460 g/mol. The summed E-state index contributed by atoms with van der Waals surface area (Å²) in [4.78, 5) is 178. The Morgan fingerprint density at radius 3 is 0.752 bits per heavy atom. The lowest BCUT2D eigenvalue weighted by molar-refractivity contribution is -0.132. The van der Waals surface area contributed by atoms with E-state index in [2.05, 4.69) is 63.8 Å². The standard InChI is InChI=1S/C78H115N13O14/c1-41(92)80-57-25-3-14-46(57)70(97)84-59-27-5-16-48(59)69(96)81-43(39-42-35-37-44(93)38-36-42)40-67(94)82-58-26-4-15-47(58)71(98)85-61-29-7-18-50(61)73(100)87-63-31-9-20-52(63)75(102)89-65-33-11-22-54(65)77(104)91-66-34-12-23-55(66)78(105)90-64-32-10-21-53(64)76(103)88-62-30-8-19-51(62)74(101)86-60-28-6-17-49(60)72(99)83-56-24-2-13-45(56)68(79)95/h35-38,43,45-66,93H,2-34,39-40H2,1H3,(H2,79,95)(H,80,92)(H,81,96)(H,82,94)(H,83,99)(H,84,97)(H,85,98)(H,86,101)(H,87,100)(H,88,103)(H,89,102)(H,90,105)(H,91,104)/t43-,45-,46-,47-,48-,49-,50-,51-,52-,53-,54-,55-,56-,57-,58-,59-,60-,61-,62-,63-,64-,65-,66-/m0/s1. The van der Waals surface area contributed by atoms with E-state index in [0.717, 1.165) is 63.4 Å². The first-order valence-electron chi connectivity index (χ1n) is 40.3. The first kappa shape index (κ1) is 76.8. The summed E-state index contributed by atoms with van der Waals surface area (Å²) >= 11 is 0. The number of aromatic hydroxyl groups is 1. The third-order valence-corrected chi connectivity index (χ3v) is 26.3. The zero-order valence-electron chi connectivity index (χ0n) is 61.2. The molecule has 27 heteroatoms. The summed E-state index contributed by atoms with van der Waals surface area (Å²) in [6.45, 7) is 1.44. The van der Waals surface area contributed by atoms with Crippen LogP contribution in [0.5, 0.6) is 5.75 Å². The van der Waals surface area contributed by atoms with E-state index >= 15 is 0 Å².